The first kappa shape index (κ1) is 12.8. The second-order valence-corrected chi connectivity index (χ2v) is 4.75. The van der Waals surface area contributed by atoms with E-state index < -0.39 is 0 Å². The van der Waals surface area contributed by atoms with Crippen LogP contribution >= 0.6 is 23.2 Å². The van der Waals surface area contributed by atoms with Gasteiger partial charge in [0, 0.05) is 0 Å². The summed E-state index contributed by atoms with van der Waals surface area (Å²) in [6.45, 7) is 0.600. The maximum atomic E-state index is 6.17. The molecule has 0 bridgehead atoms. The Labute approximate surface area is 102 Å². The Morgan fingerprint density at radius 3 is 2.20 bits per heavy atom. The van der Waals surface area contributed by atoms with E-state index in [0.717, 1.165) is 19.3 Å². The largest absolute Gasteiger partial charge is 0.330 e. The molecule has 0 heterocycles. The minimum absolute atomic E-state index is 0.00965. The molecule has 2 N–H and O–H groups in total. The van der Waals surface area contributed by atoms with Gasteiger partial charge in [0.2, 0.25) is 0 Å². The van der Waals surface area contributed by atoms with Crippen molar-refractivity contribution in [2.75, 3.05) is 6.54 Å². The zero-order chi connectivity index (χ0) is 11.1. The molecular weight excluding hydrogens is 229 g/mol. The van der Waals surface area contributed by atoms with Gasteiger partial charge in [-0.15, -0.1) is 23.2 Å². The Bertz CT molecular complexity index is 264. The first-order valence-electron chi connectivity index (χ1n) is 5.26. The lowest BCUT2D eigenvalue weighted by Gasteiger charge is -2.14. The summed E-state index contributed by atoms with van der Waals surface area (Å²) in [5.74, 6) is 0. The van der Waals surface area contributed by atoms with E-state index in [-0.39, 0.29) is 10.8 Å². The van der Waals surface area contributed by atoms with Crippen molar-refractivity contribution in [2.24, 2.45) is 5.73 Å². The van der Waals surface area contributed by atoms with Crippen LogP contribution in [0.4, 0.5) is 0 Å². The second-order valence-electron chi connectivity index (χ2n) is 3.63. The van der Waals surface area contributed by atoms with E-state index >= 15 is 0 Å². The summed E-state index contributed by atoms with van der Waals surface area (Å²) >= 11 is 12.3. The maximum absolute atomic E-state index is 6.17. The molecule has 1 nitrogen and oxygen atoms in total. The number of alkyl halides is 2. The van der Waals surface area contributed by atoms with E-state index in [4.69, 9.17) is 28.9 Å². The Balaban J connectivity index is 2.31. The average Bonchev–Trinajstić information content (AvgIpc) is 2.27. The molecule has 1 aromatic carbocycles. The topological polar surface area (TPSA) is 26.0 Å². The Kier molecular flexibility index (Phi) is 6.07. The molecular formula is C12H17Cl2N. The number of aryl methyl sites for hydroxylation is 1. The van der Waals surface area contributed by atoms with Gasteiger partial charge in [0.05, 0.1) is 10.8 Å². The van der Waals surface area contributed by atoms with Crippen LogP contribution in [0.5, 0.6) is 0 Å². The number of nitrogens with two attached hydrogens (primary N) is 1. The van der Waals surface area contributed by atoms with Gasteiger partial charge >= 0.3 is 0 Å². The fraction of sp³-hybridized carbons (Fsp3) is 0.500. The van der Waals surface area contributed by atoms with Crippen molar-refractivity contribution < 1.29 is 0 Å². The lowest BCUT2D eigenvalue weighted by atomic mass is 10.1. The van der Waals surface area contributed by atoms with Gasteiger partial charge in [-0.25, -0.2) is 0 Å². The Hall–Kier alpha value is -0.240. The summed E-state index contributed by atoms with van der Waals surface area (Å²) < 4.78 is 0. The highest BCUT2D eigenvalue weighted by atomic mass is 35.5. The number of benzene rings is 1. The number of rotatable bonds is 6. The molecule has 0 radical (unpaired) electrons. The van der Waals surface area contributed by atoms with Crippen molar-refractivity contribution in [3.63, 3.8) is 0 Å². The third-order valence-electron chi connectivity index (χ3n) is 2.39. The summed E-state index contributed by atoms with van der Waals surface area (Å²) in [7, 11) is 0. The van der Waals surface area contributed by atoms with Crippen molar-refractivity contribution in [3.8, 4) is 0 Å². The molecule has 0 spiro atoms. The van der Waals surface area contributed by atoms with Gasteiger partial charge in [-0.1, -0.05) is 30.3 Å². The van der Waals surface area contributed by atoms with Crippen LogP contribution in [0.15, 0.2) is 30.3 Å². The number of hydrogen-bond donors (Lipinski definition) is 1. The summed E-state index contributed by atoms with van der Waals surface area (Å²) in [5, 5.41) is -0.00389. The molecule has 0 aliphatic heterocycles. The van der Waals surface area contributed by atoms with Crippen molar-refractivity contribution in [1.82, 2.24) is 0 Å². The molecule has 0 amide bonds. The zero-order valence-electron chi connectivity index (χ0n) is 8.70. The predicted octanol–water partition coefficient (Wildman–Crippen LogP) is 3.18. The summed E-state index contributed by atoms with van der Waals surface area (Å²) in [5.41, 5.74) is 6.74. The Morgan fingerprint density at radius 2 is 1.60 bits per heavy atom. The lowest BCUT2D eigenvalue weighted by molar-refractivity contribution is 0.663. The van der Waals surface area contributed by atoms with E-state index in [1.807, 2.05) is 18.2 Å². The van der Waals surface area contributed by atoms with E-state index in [0.29, 0.717) is 6.54 Å². The van der Waals surface area contributed by atoms with Crippen LogP contribution in [0.2, 0.25) is 0 Å². The van der Waals surface area contributed by atoms with Gasteiger partial charge in [-0.05, 0) is 31.4 Å². The van der Waals surface area contributed by atoms with Gasteiger partial charge in [-0.3, -0.25) is 0 Å². The SMILES string of the molecule is NCCC(Cl)C(Cl)CCc1ccccc1. The highest BCUT2D eigenvalue weighted by Crippen LogP contribution is 2.18. The molecule has 84 valence electrons. The van der Waals surface area contributed by atoms with Crippen molar-refractivity contribution in [2.45, 2.75) is 30.0 Å². The molecule has 0 saturated carbocycles. The monoisotopic (exact) mass is 245 g/mol. The molecule has 3 heteroatoms. The van der Waals surface area contributed by atoms with Crippen LogP contribution in [0.25, 0.3) is 0 Å². The number of halogens is 2. The third-order valence-corrected chi connectivity index (χ3v) is 3.56. The van der Waals surface area contributed by atoms with Crippen molar-refractivity contribution in [3.05, 3.63) is 35.9 Å². The Morgan fingerprint density at radius 1 is 1.00 bits per heavy atom. The molecule has 2 atom stereocenters. The first-order valence-corrected chi connectivity index (χ1v) is 6.13. The maximum Gasteiger partial charge on any atom is 0.0511 e. The molecule has 0 aromatic heterocycles. The fourth-order valence-corrected chi connectivity index (χ4v) is 1.96. The molecule has 0 aliphatic rings. The molecule has 0 fully saturated rings. The standard InChI is InChI=1S/C12H17Cl2N/c13-11(12(14)8-9-15)7-6-10-4-2-1-3-5-10/h1-5,11-12H,6-9,15H2. The minimum Gasteiger partial charge on any atom is -0.330 e. The van der Waals surface area contributed by atoms with Crippen LogP contribution < -0.4 is 5.73 Å². The molecule has 0 saturated heterocycles. The highest BCUT2D eigenvalue weighted by molar-refractivity contribution is 6.29. The van der Waals surface area contributed by atoms with Gasteiger partial charge < -0.3 is 5.73 Å². The van der Waals surface area contributed by atoms with E-state index in [1.54, 1.807) is 0 Å². The van der Waals surface area contributed by atoms with E-state index in [1.165, 1.54) is 5.56 Å². The van der Waals surface area contributed by atoms with Crippen molar-refractivity contribution in [1.29, 1.82) is 0 Å². The number of hydrogen-bond acceptors (Lipinski definition) is 1. The minimum atomic E-state index is -0.0135. The van der Waals surface area contributed by atoms with E-state index in [2.05, 4.69) is 12.1 Å². The smallest absolute Gasteiger partial charge is 0.0511 e. The first-order chi connectivity index (χ1) is 7.24. The van der Waals surface area contributed by atoms with Gasteiger partial charge in [0.25, 0.3) is 0 Å². The quantitative estimate of drug-likeness (QED) is 0.766. The molecule has 1 aromatic rings. The van der Waals surface area contributed by atoms with Gasteiger partial charge in [0.1, 0.15) is 0 Å². The summed E-state index contributed by atoms with van der Waals surface area (Å²) in [6.07, 6.45) is 2.66. The normalized spacial score (nSPS) is 14.9. The van der Waals surface area contributed by atoms with Crippen LogP contribution in [0.1, 0.15) is 18.4 Å². The van der Waals surface area contributed by atoms with Gasteiger partial charge in [0.15, 0.2) is 0 Å². The molecule has 1 rings (SSSR count). The predicted molar refractivity (Wildman–Crippen MR) is 67.7 cm³/mol. The highest BCUT2D eigenvalue weighted by Gasteiger charge is 2.15. The molecule has 15 heavy (non-hydrogen) atoms. The fourth-order valence-electron chi connectivity index (χ4n) is 1.47. The summed E-state index contributed by atoms with van der Waals surface area (Å²) in [6, 6.07) is 10.3. The van der Waals surface area contributed by atoms with Crippen LogP contribution in [0.3, 0.4) is 0 Å². The van der Waals surface area contributed by atoms with Crippen molar-refractivity contribution >= 4 is 23.2 Å². The van der Waals surface area contributed by atoms with Gasteiger partial charge in [-0.2, -0.15) is 0 Å². The lowest BCUT2D eigenvalue weighted by Crippen LogP contribution is -2.19. The third kappa shape index (κ3) is 4.87. The van der Waals surface area contributed by atoms with E-state index in [9.17, 15) is 0 Å². The molecule has 2 unspecified atom stereocenters. The average molecular weight is 246 g/mol. The molecule has 0 aliphatic carbocycles. The second kappa shape index (κ2) is 7.10. The zero-order valence-corrected chi connectivity index (χ0v) is 10.2. The van der Waals surface area contributed by atoms with Crippen LogP contribution in [-0.2, 0) is 6.42 Å². The summed E-state index contributed by atoms with van der Waals surface area (Å²) in [4.78, 5) is 0. The van der Waals surface area contributed by atoms with Crippen LogP contribution in [0, 0.1) is 0 Å². The van der Waals surface area contributed by atoms with Crippen LogP contribution in [-0.4, -0.2) is 17.3 Å².